The van der Waals surface area contributed by atoms with Gasteiger partial charge in [-0.3, -0.25) is 0 Å². The van der Waals surface area contributed by atoms with Gasteiger partial charge in [-0.1, -0.05) is 0 Å². The van der Waals surface area contributed by atoms with E-state index in [4.69, 9.17) is 0 Å². The van der Waals surface area contributed by atoms with Crippen LogP contribution < -0.4 is 24.8 Å². The Morgan fingerprint density at radius 3 is 1.60 bits per heavy atom. The quantitative estimate of drug-likeness (QED) is 0.509. The second-order valence-electron chi connectivity index (χ2n) is 2.38. The first kappa shape index (κ1) is 20.3. The molecule has 0 heterocycles. The van der Waals surface area contributed by atoms with Crippen LogP contribution in [0.25, 0.3) is 6.08 Å². The molecule has 0 aliphatic rings. The summed E-state index contributed by atoms with van der Waals surface area (Å²) >= 11 is 0. The molecule has 0 fully saturated rings. The molecular formula is C12H12Cl2Zr. The molecule has 2 aromatic carbocycles. The zero-order chi connectivity index (χ0) is 8.65. The predicted octanol–water partition coefficient (Wildman–Crippen LogP) is -2.54. The third-order valence-corrected chi connectivity index (χ3v) is 1.48. The number of halogens is 2. The van der Waals surface area contributed by atoms with Gasteiger partial charge in [-0.2, -0.15) is 36.9 Å². The van der Waals surface area contributed by atoms with Crippen molar-refractivity contribution in [2.75, 3.05) is 0 Å². The SMILES string of the molecule is C=C[c-]1cccc1.[Cl-].[Cl-].[Zr+4].c1cc[cH-]c1. The zero-order valence-electron chi connectivity index (χ0n) is 8.24. The van der Waals surface area contributed by atoms with E-state index < -0.39 is 0 Å². The molecule has 0 bridgehead atoms. The largest absolute Gasteiger partial charge is 4.00 e. The molecule has 78 valence electrons. The topological polar surface area (TPSA) is 0 Å². The Hall–Kier alpha value is -0.0969. The molecule has 2 rings (SSSR count). The summed E-state index contributed by atoms with van der Waals surface area (Å²) in [5.41, 5.74) is 1.19. The van der Waals surface area contributed by atoms with E-state index in [1.54, 1.807) is 0 Å². The predicted molar refractivity (Wildman–Crippen MR) is 54.2 cm³/mol. The summed E-state index contributed by atoms with van der Waals surface area (Å²) in [6, 6.07) is 18.0. The monoisotopic (exact) mass is 316 g/mol. The standard InChI is InChI=1S/C7H7.C5H5.2ClH.Zr/c1-2-7-5-3-4-6-7;1-2-4-5-3-1;;;/h2-6H,1H2;1-5H;2*1H;/q2*-1;;;+4/p-2. The van der Waals surface area contributed by atoms with Crippen molar-refractivity contribution in [2.24, 2.45) is 0 Å². The van der Waals surface area contributed by atoms with Crippen molar-refractivity contribution in [1.29, 1.82) is 0 Å². The summed E-state index contributed by atoms with van der Waals surface area (Å²) in [7, 11) is 0. The van der Waals surface area contributed by atoms with Gasteiger partial charge < -0.3 is 24.8 Å². The number of hydrogen-bond donors (Lipinski definition) is 0. The van der Waals surface area contributed by atoms with Crippen molar-refractivity contribution < 1.29 is 51.0 Å². The minimum absolute atomic E-state index is 0. The summed E-state index contributed by atoms with van der Waals surface area (Å²) < 4.78 is 0. The average molecular weight is 318 g/mol. The Labute approximate surface area is 123 Å². The molecule has 0 aliphatic heterocycles. The van der Waals surface area contributed by atoms with E-state index in [-0.39, 0.29) is 51.0 Å². The number of rotatable bonds is 1. The van der Waals surface area contributed by atoms with Gasteiger partial charge in [0.25, 0.3) is 0 Å². The van der Waals surface area contributed by atoms with Gasteiger partial charge >= 0.3 is 26.2 Å². The molecule has 0 radical (unpaired) electrons. The zero-order valence-corrected chi connectivity index (χ0v) is 12.2. The summed E-state index contributed by atoms with van der Waals surface area (Å²) in [4.78, 5) is 0. The van der Waals surface area contributed by atoms with Gasteiger partial charge in [0.1, 0.15) is 0 Å². The molecule has 3 heteroatoms. The van der Waals surface area contributed by atoms with E-state index in [9.17, 15) is 0 Å². The van der Waals surface area contributed by atoms with E-state index in [0.29, 0.717) is 0 Å². The van der Waals surface area contributed by atoms with Crippen molar-refractivity contribution in [3.63, 3.8) is 0 Å². The van der Waals surface area contributed by atoms with Gasteiger partial charge in [0.2, 0.25) is 0 Å². The Balaban J connectivity index is -0.000000165. The van der Waals surface area contributed by atoms with Gasteiger partial charge in [0.05, 0.1) is 0 Å². The molecule has 0 saturated carbocycles. The normalized spacial score (nSPS) is 6.67. The van der Waals surface area contributed by atoms with Crippen molar-refractivity contribution >= 4 is 6.08 Å². The van der Waals surface area contributed by atoms with E-state index in [1.807, 2.05) is 60.7 Å². The van der Waals surface area contributed by atoms with Crippen LogP contribution in [-0.2, 0) is 26.2 Å². The summed E-state index contributed by atoms with van der Waals surface area (Å²) in [5.74, 6) is 0. The van der Waals surface area contributed by atoms with Crippen LogP contribution in [0.1, 0.15) is 5.56 Å². The van der Waals surface area contributed by atoms with Crippen molar-refractivity contribution in [3.05, 3.63) is 66.7 Å². The van der Waals surface area contributed by atoms with Gasteiger partial charge in [-0.15, -0.1) is 23.8 Å². The van der Waals surface area contributed by atoms with Crippen LogP contribution in [0.2, 0.25) is 0 Å². The van der Waals surface area contributed by atoms with Gasteiger partial charge in [-0.05, 0) is 0 Å². The fraction of sp³-hybridized carbons (Fsp3) is 0. The second kappa shape index (κ2) is 13.9. The average Bonchev–Trinajstić information content (AvgIpc) is 2.81. The molecule has 0 unspecified atom stereocenters. The fourth-order valence-electron chi connectivity index (χ4n) is 0.846. The first-order valence-corrected chi connectivity index (χ1v) is 3.94. The fourth-order valence-corrected chi connectivity index (χ4v) is 0.846. The van der Waals surface area contributed by atoms with E-state index in [1.165, 1.54) is 5.56 Å². The van der Waals surface area contributed by atoms with Crippen LogP contribution in [0, 0.1) is 0 Å². The van der Waals surface area contributed by atoms with Crippen LogP contribution in [-0.4, -0.2) is 0 Å². The molecular weight excluding hydrogens is 306 g/mol. The molecule has 0 nitrogen and oxygen atoms in total. The third kappa shape index (κ3) is 10.2. The van der Waals surface area contributed by atoms with Crippen molar-refractivity contribution in [2.45, 2.75) is 0 Å². The van der Waals surface area contributed by atoms with Crippen LogP contribution in [0.3, 0.4) is 0 Å². The van der Waals surface area contributed by atoms with E-state index in [2.05, 4.69) is 6.58 Å². The summed E-state index contributed by atoms with van der Waals surface area (Å²) in [6.45, 7) is 3.60. The van der Waals surface area contributed by atoms with Crippen molar-refractivity contribution in [1.82, 2.24) is 0 Å². The molecule has 0 saturated heterocycles. The molecule has 2 aromatic rings. The molecule has 0 aliphatic carbocycles. The first-order valence-electron chi connectivity index (χ1n) is 3.94. The Kier molecular flexibility index (Phi) is 18.8. The summed E-state index contributed by atoms with van der Waals surface area (Å²) in [5, 5.41) is 0. The van der Waals surface area contributed by atoms with Gasteiger partial charge in [0, 0.05) is 0 Å². The van der Waals surface area contributed by atoms with Crippen LogP contribution in [0.15, 0.2) is 61.2 Å². The van der Waals surface area contributed by atoms with Crippen LogP contribution in [0.4, 0.5) is 0 Å². The second-order valence-corrected chi connectivity index (χ2v) is 2.38. The first-order chi connectivity index (χ1) is 5.93. The third-order valence-electron chi connectivity index (χ3n) is 1.48. The maximum Gasteiger partial charge on any atom is 4.00 e. The molecule has 0 spiro atoms. The minimum atomic E-state index is 0. The molecule has 0 atom stereocenters. The molecule has 0 aromatic heterocycles. The molecule has 0 amide bonds. The molecule has 15 heavy (non-hydrogen) atoms. The van der Waals surface area contributed by atoms with Crippen molar-refractivity contribution in [3.8, 4) is 0 Å². The van der Waals surface area contributed by atoms with Crippen LogP contribution >= 0.6 is 0 Å². The Morgan fingerprint density at radius 1 is 0.933 bits per heavy atom. The van der Waals surface area contributed by atoms with E-state index >= 15 is 0 Å². The van der Waals surface area contributed by atoms with Gasteiger partial charge in [0.15, 0.2) is 0 Å². The maximum atomic E-state index is 3.60. The number of hydrogen-bond acceptors (Lipinski definition) is 0. The van der Waals surface area contributed by atoms with E-state index in [0.717, 1.165) is 0 Å². The van der Waals surface area contributed by atoms with Crippen LogP contribution in [0.5, 0.6) is 0 Å². The van der Waals surface area contributed by atoms with Gasteiger partial charge in [-0.25, -0.2) is 12.1 Å². The minimum Gasteiger partial charge on any atom is -1.00 e. The molecule has 0 N–H and O–H groups in total. The smallest absolute Gasteiger partial charge is 1.00 e. The Morgan fingerprint density at radius 2 is 1.40 bits per heavy atom. The Bertz CT molecular complexity index is 268. The maximum absolute atomic E-state index is 3.60. The summed E-state index contributed by atoms with van der Waals surface area (Å²) in [6.07, 6.45) is 1.83.